The van der Waals surface area contributed by atoms with Crippen molar-refractivity contribution in [3.05, 3.63) is 47.3 Å². The maximum absolute atomic E-state index is 13.3. The van der Waals surface area contributed by atoms with Gasteiger partial charge in [-0.1, -0.05) is 12.1 Å². The fourth-order valence-electron chi connectivity index (χ4n) is 4.94. The minimum atomic E-state index is -0.229. The number of fused-ring (bicyclic) bond motifs is 2. The number of aryl methyl sites for hydroxylation is 1. The lowest BCUT2D eigenvalue weighted by molar-refractivity contribution is -0.122. The number of ether oxygens (including phenoxy) is 1. The van der Waals surface area contributed by atoms with Gasteiger partial charge in [-0.2, -0.15) is 5.10 Å². The molecule has 0 saturated heterocycles. The number of nitrogens with zero attached hydrogens (tertiary/aromatic N) is 3. The lowest BCUT2D eigenvalue weighted by Gasteiger charge is -2.29. The Morgan fingerprint density at radius 2 is 2.03 bits per heavy atom. The SMILES string of the molecule is CCn1ncc2c(NC3CCC(C(N)=O)CC3)c(C(=O)NCc3ccc4c(c3)CCO4)cnc21. The number of pyridine rings is 1. The number of amides is 2. The van der Waals surface area contributed by atoms with E-state index in [2.05, 4.69) is 26.8 Å². The van der Waals surface area contributed by atoms with E-state index in [9.17, 15) is 9.59 Å². The molecule has 9 heteroatoms. The monoisotopic (exact) mass is 462 g/mol. The van der Waals surface area contributed by atoms with Crippen LogP contribution in [0.15, 0.2) is 30.6 Å². The molecule has 4 N–H and O–H groups in total. The van der Waals surface area contributed by atoms with E-state index in [1.165, 1.54) is 5.56 Å². The first-order valence-electron chi connectivity index (χ1n) is 12.0. The van der Waals surface area contributed by atoms with Crippen LogP contribution < -0.4 is 21.1 Å². The largest absolute Gasteiger partial charge is 0.493 e. The summed E-state index contributed by atoms with van der Waals surface area (Å²) in [4.78, 5) is 29.4. The summed E-state index contributed by atoms with van der Waals surface area (Å²) in [6.45, 7) is 3.82. The molecule has 9 nitrogen and oxygen atoms in total. The van der Waals surface area contributed by atoms with E-state index >= 15 is 0 Å². The molecule has 1 fully saturated rings. The van der Waals surface area contributed by atoms with E-state index in [1.54, 1.807) is 12.4 Å². The Kier molecular flexibility index (Phi) is 6.08. The minimum Gasteiger partial charge on any atom is -0.493 e. The van der Waals surface area contributed by atoms with E-state index in [-0.39, 0.29) is 23.8 Å². The number of primary amides is 1. The molecule has 0 bridgehead atoms. The van der Waals surface area contributed by atoms with Gasteiger partial charge in [0.15, 0.2) is 5.65 Å². The quantitative estimate of drug-likeness (QED) is 0.496. The summed E-state index contributed by atoms with van der Waals surface area (Å²) in [5.41, 5.74) is 9.68. The molecule has 2 amide bonds. The average molecular weight is 463 g/mol. The Bertz CT molecular complexity index is 1230. The third-order valence-corrected chi connectivity index (χ3v) is 6.90. The number of benzene rings is 1. The van der Waals surface area contributed by atoms with Crippen molar-refractivity contribution in [2.75, 3.05) is 11.9 Å². The number of hydrogen-bond acceptors (Lipinski definition) is 6. The second kappa shape index (κ2) is 9.32. The van der Waals surface area contributed by atoms with Gasteiger partial charge in [0.1, 0.15) is 5.75 Å². The molecule has 1 saturated carbocycles. The van der Waals surface area contributed by atoms with Crippen molar-refractivity contribution < 1.29 is 14.3 Å². The van der Waals surface area contributed by atoms with Gasteiger partial charge in [-0.15, -0.1) is 0 Å². The minimum absolute atomic E-state index is 0.0705. The standard InChI is InChI=1S/C25H30N6O3/c1-2-31-24-19(14-29-31)22(30-18-6-4-16(5-7-18)23(26)32)20(13-27-24)25(33)28-12-15-3-8-21-17(11-15)9-10-34-21/h3,8,11,13-14,16,18H,2,4-7,9-10,12H2,1H3,(H2,26,32)(H,27,30)(H,28,33). The van der Waals surface area contributed by atoms with Gasteiger partial charge in [0, 0.05) is 37.7 Å². The van der Waals surface area contributed by atoms with Gasteiger partial charge in [0.05, 0.1) is 29.4 Å². The highest BCUT2D eigenvalue weighted by molar-refractivity contribution is 6.06. The third kappa shape index (κ3) is 4.30. The van der Waals surface area contributed by atoms with E-state index in [4.69, 9.17) is 10.5 Å². The van der Waals surface area contributed by atoms with Crippen LogP contribution in [0.3, 0.4) is 0 Å². The van der Waals surface area contributed by atoms with Crippen LogP contribution in [0, 0.1) is 5.92 Å². The Balaban J connectivity index is 1.37. The number of hydrogen-bond donors (Lipinski definition) is 3. The molecule has 3 heterocycles. The average Bonchev–Trinajstić information content (AvgIpc) is 3.49. The van der Waals surface area contributed by atoms with E-state index < -0.39 is 0 Å². The topological polar surface area (TPSA) is 124 Å². The molecule has 34 heavy (non-hydrogen) atoms. The van der Waals surface area contributed by atoms with E-state index in [1.807, 2.05) is 23.7 Å². The number of carbonyl (C=O) groups is 2. The summed E-state index contributed by atoms with van der Waals surface area (Å²) in [6.07, 6.45) is 7.41. The first kappa shape index (κ1) is 22.2. The van der Waals surface area contributed by atoms with E-state index in [0.29, 0.717) is 25.3 Å². The molecule has 178 valence electrons. The second-order valence-electron chi connectivity index (χ2n) is 9.06. The van der Waals surface area contributed by atoms with Crippen LogP contribution in [0.1, 0.15) is 54.1 Å². The third-order valence-electron chi connectivity index (χ3n) is 6.90. The molecule has 0 spiro atoms. The number of anilines is 1. The smallest absolute Gasteiger partial charge is 0.255 e. The highest BCUT2D eigenvalue weighted by atomic mass is 16.5. The number of nitrogens with one attached hydrogen (secondary N) is 2. The number of rotatable bonds is 7. The zero-order valence-corrected chi connectivity index (χ0v) is 19.3. The summed E-state index contributed by atoms with van der Waals surface area (Å²) in [5, 5.41) is 11.9. The van der Waals surface area contributed by atoms with Crippen molar-refractivity contribution in [3.63, 3.8) is 0 Å². The molecule has 0 atom stereocenters. The molecule has 1 aliphatic carbocycles. The molecule has 2 aromatic heterocycles. The molecule has 5 rings (SSSR count). The van der Waals surface area contributed by atoms with Gasteiger partial charge >= 0.3 is 0 Å². The molecule has 1 aromatic carbocycles. The van der Waals surface area contributed by atoms with Crippen molar-refractivity contribution in [2.24, 2.45) is 11.7 Å². The van der Waals surface area contributed by atoms with Crippen molar-refractivity contribution in [2.45, 2.75) is 58.2 Å². The second-order valence-corrected chi connectivity index (χ2v) is 9.06. The molecular weight excluding hydrogens is 432 g/mol. The van der Waals surface area contributed by atoms with Crippen molar-refractivity contribution in [1.29, 1.82) is 0 Å². The van der Waals surface area contributed by atoms with Crippen molar-refractivity contribution in [1.82, 2.24) is 20.1 Å². The molecule has 1 aliphatic heterocycles. The van der Waals surface area contributed by atoms with E-state index in [0.717, 1.165) is 60.1 Å². The Labute approximate surface area is 198 Å². The summed E-state index contributed by atoms with van der Waals surface area (Å²) in [5.74, 6) is 0.435. The predicted octanol–water partition coefficient (Wildman–Crippen LogP) is 2.77. The molecule has 0 radical (unpaired) electrons. The maximum Gasteiger partial charge on any atom is 0.255 e. The zero-order chi connectivity index (χ0) is 23.7. The Hall–Kier alpha value is -3.62. The van der Waals surface area contributed by atoms with Gasteiger partial charge in [-0.3, -0.25) is 9.59 Å². The highest BCUT2D eigenvalue weighted by Crippen LogP contribution is 2.32. The fourth-order valence-corrected chi connectivity index (χ4v) is 4.94. The summed E-state index contributed by atoms with van der Waals surface area (Å²) in [6, 6.07) is 6.18. The van der Waals surface area contributed by atoms with Gasteiger partial charge in [-0.05, 0) is 49.8 Å². The van der Waals surface area contributed by atoms with Crippen LogP contribution in [-0.4, -0.2) is 39.2 Å². The van der Waals surface area contributed by atoms with Gasteiger partial charge in [-0.25, -0.2) is 9.67 Å². The van der Waals surface area contributed by atoms with Crippen molar-refractivity contribution in [3.8, 4) is 5.75 Å². The van der Waals surface area contributed by atoms with Crippen molar-refractivity contribution >= 4 is 28.5 Å². The Morgan fingerprint density at radius 1 is 1.21 bits per heavy atom. The summed E-state index contributed by atoms with van der Waals surface area (Å²) >= 11 is 0. The fraction of sp³-hybridized carbons (Fsp3) is 0.440. The van der Waals surface area contributed by atoms with Crippen LogP contribution in [0.25, 0.3) is 11.0 Å². The summed E-state index contributed by atoms with van der Waals surface area (Å²) in [7, 11) is 0. The maximum atomic E-state index is 13.3. The lowest BCUT2D eigenvalue weighted by Crippen LogP contribution is -2.33. The van der Waals surface area contributed by atoms with Gasteiger partial charge in [0.25, 0.3) is 5.91 Å². The van der Waals surface area contributed by atoms with Gasteiger partial charge < -0.3 is 21.1 Å². The van der Waals surface area contributed by atoms with Crippen LogP contribution in [0.5, 0.6) is 5.75 Å². The van der Waals surface area contributed by atoms with Crippen LogP contribution >= 0.6 is 0 Å². The van der Waals surface area contributed by atoms with Crippen LogP contribution in [0.2, 0.25) is 0 Å². The summed E-state index contributed by atoms with van der Waals surface area (Å²) < 4.78 is 7.39. The molecule has 0 unspecified atom stereocenters. The van der Waals surface area contributed by atoms with Crippen LogP contribution in [0.4, 0.5) is 5.69 Å². The number of carbonyl (C=O) groups excluding carboxylic acids is 2. The van der Waals surface area contributed by atoms with Crippen LogP contribution in [-0.2, 0) is 24.3 Å². The van der Waals surface area contributed by atoms with Gasteiger partial charge in [0.2, 0.25) is 5.91 Å². The zero-order valence-electron chi connectivity index (χ0n) is 19.3. The molecular formula is C25H30N6O3. The first-order valence-corrected chi connectivity index (χ1v) is 12.0. The first-order chi connectivity index (χ1) is 16.5. The molecule has 2 aliphatic rings. The lowest BCUT2D eigenvalue weighted by atomic mass is 9.85. The highest BCUT2D eigenvalue weighted by Gasteiger charge is 2.27. The number of aromatic nitrogens is 3. The molecule has 3 aromatic rings. The Morgan fingerprint density at radius 3 is 2.79 bits per heavy atom. The normalized spacial score (nSPS) is 19.4. The number of nitrogens with two attached hydrogens (primary N) is 1. The predicted molar refractivity (Wildman–Crippen MR) is 129 cm³/mol.